The van der Waals surface area contributed by atoms with Crippen molar-refractivity contribution in [3.05, 3.63) is 99.1 Å². The molecule has 38 heavy (non-hydrogen) atoms. The van der Waals surface area contributed by atoms with Gasteiger partial charge < -0.3 is 5.11 Å². The zero-order valence-corrected chi connectivity index (χ0v) is 22.2. The largest absolute Gasteiger partial charge is 0.507 e. The second-order valence-electron chi connectivity index (χ2n) is 10.2. The predicted molar refractivity (Wildman–Crippen MR) is 146 cm³/mol. The first-order valence-corrected chi connectivity index (χ1v) is 13.3. The molecule has 0 unspecified atom stereocenters. The first kappa shape index (κ1) is 24.5. The average molecular weight is 570 g/mol. The van der Waals surface area contributed by atoms with Crippen molar-refractivity contribution in [1.29, 1.82) is 0 Å². The zero-order chi connectivity index (χ0) is 26.9. The maximum Gasteiger partial charge on any atom is 0.238 e. The number of Topliss-reactive ketones (excluding diaryl/α,β-unsaturated/α-hetero) is 1. The topological polar surface area (TPSA) is 91.8 Å². The van der Waals surface area contributed by atoms with Crippen LogP contribution in [0.25, 0.3) is 6.08 Å². The number of para-hydroxylation sites is 1. The molecule has 1 heterocycles. The summed E-state index contributed by atoms with van der Waals surface area (Å²) in [4.78, 5) is 55.3. The molecule has 6 rings (SSSR count). The van der Waals surface area contributed by atoms with Crippen LogP contribution in [-0.4, -0.2) is 28.5 Å². The molecule has 2 aromatic carbocycles. The van der Waals surface area contributed by atoms with Gasteiger partial charge in [0.2, 0.25) is 11.8 Å². The van der Waals surface area contributed by atoms with Gasteiger partial charge in [-0.3, -0.25) is 24.1 Å². The number of imide groups is 1. The van der Waals surface area contributed by atoms with E-state index in [0.29, 0.717) is 34.4 Å². The Morgan fingerprint density at radius 3 is 2.47 bits per heavy atom. The second kappa shape index (κ2) is 8.88. The number of fused-ring (bicyclic) bond motifs is 3. The SMILES string of the molecule is C=Cc1ccc(N2C(=O)[C@H]3[C@H](CC=C4[C@H](c5cccc(C)c5O)C5=C(C[C@H]43)C(=O)C(Br)=CC5=O)C2=O)cc1. The molecule has 4 atom stereocenters. The summed E-state index contributed by atoms with van der Waals surface area (Å²) in [5, 5.41) is 11.0. The highest BCUT2D eigenvalue weighted by atomic mass is 79.9. The monoisotopic (exact) mass is 569 g/mol. The number of hydrogen-bond acceptors (Lipinski definition) is 5. The number of phenols is 1. The van der Waals surface area contributed by atoms with Crippen LogP contribution in [0.3, 0.4) is 0 Å². The number of nitrogens with zero attached hydrogens (tertiary/aromatic N) is 1. The third kappa shape index (κ3) is 3.45. The van der Waals surface area contributed by atoms with E-state index < -0.39 is 23.7 Å². The minimum absolute atomic E-state index is 0.0552. The lowest BCUT2D eigenvalue weighted by atomic mass is 9.59. The lowest BCUT2D eigenvalue weighted by Gasteiger charge is -2.42. The quantitative estimate of drug-likeness (QED) is 0.307. The first-order valence-electron chi connectivity index (χ1n) is 12.5. The zero-order valence-electron chi connectivity index (χ0n) is 20.6. The molecule has 3 aliphatic carbocycles. The van der Waals surface area contributed by atoms with Gasteiger partial charge in [-0.1, -0.05) is 54.6 Å². The van der Waals surface area contributed by atoms with Gasteiger partial charge in [0, 0.05) is 28.7 Å². The Morgan fingerprint density at radius 2 is 1.76 bits per heavy atom. The van der Waals surface area contributed by atoms with E-state index in [2.05, 4.69) is 22.5 Å². The van der Waals surface area contributed by atoms with Crippen LogP contribution in [-0.2, 0) is 19.2 Å². The van der Waals surface area contributed by atoms with E-state index in [9.17, 15) is 24.3 Å². The average Bonchev–Trinajstić information content (AvgIpc) is 3.17. The van der Waals surface area contributed by atoms with Gasteiger partial charge >= 0.3 is 0 Å². The molecule has 7 heteroatoms. The molecule has 6 nitrogen and oxygen atoms in total. The molecule has 1 N–H and O–H groups in total. The van der Waals surface area contributed by atoms with Crippen molar-refractivity contribution in [2.45, 2.75) is 25.7 Å². The second-order valence-corrected chi connectivity index (χ2v) is 11.1. The van der Waals surface area contributed by atoms with Crippen LogP contribution in [0, 0.1) is 24.7 Å². The summed E-state index contributed by atoms with van der Waals surface area (Å²) in [6.07, 6.45) is 5.45. The molecule has 4 aliphatic rings. The molecule has 2 aromatic rings. The number of phenolic OH excluding ortho intramolecular Hbond substituents is 1. The van der Waals surface area contributed by atoms with Crippen molar-refractivity contribution >= 4 is 51.1 Å². The van der Waals surface area contributed by atoms with Crippen molar-refractivity contribution in [3.8, 4) is 5.75 Å². The molecule has 190 valence electrons. The molecule has 0 aromatic heterocycles. The highest BCUT2D eigenvalue weighted by Crippen LogP contribution is 2.56. The molecule has 0 bridgehead atoms. The number of anilines is 1. The van der Waals surface area contributed by atoms with Gasteiger partial charge in [0.1, 0.15) is 5.75 Å². The molecule has 1 fully saturated rings. The van der Waals surface area contributed by atoms with E-state index in [1.54, 1.807) is 55.5 Å². The molecule has 0 saturated carbocycles. The predicted octanol–water partition coefficient (Wildman–Crippen LogP) is 5.31. The number of allylic oxidation sites excluding steroid dienone is 6. The highest BCUT2D eigenvalue weighted by Gasteiger charge is 2.56. The summed E-state index contributed by atoms with van der Waals surface area (Å²) in [5.74, 6) is -3.47. The van der Waals surface area contributed by atoms with Crippen molar-refractivity contribution in [3.63, 3.8) is 0 Å². The van der Waals surface area contributed by atoms with Crippen LogP contribution in [0.2, 0.25) is 0 Å². The summed E-state index contributed by atoms with van der Waals surface area (Å²) in [5.41, 5.74) is 4.03. The van der Waals surface area contributed by atoms with Crippen LogP contribution in [0.15, 0.2) is 82.4 Å². The normalized spacial score (nSPS) is 26.5. The Balaban J connectivity index is 1.49. The summed E-state index contributed by atoms with van der Waals surface area (Å²) < 4.78 is 0.172. The lowest BCUT2D eigenvalue weighted by molar-refractivity contribution is -0.123. The lowest BCUT2D eigenvalue weighted by Crippen LogP contribution is -2.39. The molecule has 1 saturated heterocycles. The Bertz CT molecular complexity index is 1560. The number of aryl methyl sites for hydroxylation is 1. The Kier molecular flexibility index (Phi) is 5.72. The summed E-state index contributed by atoms with van der Waals surface area (Å²) >= 11 is 3.23. The van der Waals surface area contributed by atoms with Gasteiger partial charge in [-0.05, 0) is 64.9 Å². The first-order chi connectivity index (χ1) is 18.2. The summed E-state index contributed by atoms with van der Waals surface area (Å²) in [7, 11) is 0. The molecular formula is C31H24BrNO5. The van der Waals surface area contributed by atoms with Crippen LogP contribution < -0.4 is 4.90 Å². The fraction of sp³-hybridized carbons (Fsp3) is 0.226. The number of amides is 2. The van der Waals surface area contributed by atoms with E-state index in [-0.39, 0.29) is 40.0 Å². The van der Waals surface area contributed by atoms with Crippen molar-refractivity contribution < 1.29 is 24.3 Å². The van der Waals surface area contributed by atoms with Crippen molar-refractivity contribution in [1.82, 2.24) is 0 Å². The minimum atomic E-state index is -0.679. The van der Waals surface area contributed by atoms with E-state index in [4.69, 9.17) is 0 Å². The third-order valence-corrected chi connectivity index (χ3v) is 8.89. The standard InChI is InChI=1S/C31H24BrNO5/c1-3-16-7-9-17(10-8-16)33-30(37)20-12-11-18-21(26(20)31(33)38)13-22-27(24(34)14-23(32)29(22)36)25(18)19-6-4-5-15(2)28(19)35/h3-11,14,20-21,25-26,35H,1,12-13H2,2H3/t20-,21+,25+,26-/m0/s1. The van der Waals surface area contributed by atoms with Crippen molar-refractivity contribution in [2.24, 2.45) is 17.8 Å². The molecular weight excluding hydrogens is 546 g/mol. The van der Waals surface area contributed by atoms with Gasteiger partial charge in [0.05, 0.1) is 22.0 Å². The number of carbonyl (C=O) groups excluding carboxylic acids is 4. The number of benzene rings is 2. The number of carbonyl (C=O) groups is 4. The maximum atomic E-state index is 13.9. The van der Waals surface area contributed by atoms with Gasteiger partial charge in [-0.25, -0.2) is 0 Å². The number of hydrogen-bond donors (Lipinski definition) is 1. The number of ketones is 2. The van der Waals surface area contributed by atoms with E-state index >= 15 is 0 Å². The fourth-order valence-electron chi connectivity index (χ4n) is 6.49. The maximum absolute atomic E-state index is 13.9. The number of halogens is 1. The van der Waals surface area contributed by atoms with Crippen LogP contribution >= 0.6 is 15.9 Å². The van der Waals surface area contributed by atoms with Gasteiger partial charge in [0.25, 0.3) is 0 Å². The van der Waals surface area contributed by atoms with Gasteiger partial charge in [0.15, 0.2) is 11.6 Å². The molecule has 0 spiro atoms. The van der Waals surface area contributed by atoms with Gasteiger partial charge in [-0.2, -0.15) is 0 Å². The van der Waals surface area contributed by atoms with Crippen LogP contribution in [0.5, 0.6) is 5.75 Å². The minimum Gasteiger partial charge on any atom is -0.507 e. The van der Waals surface area contributed by atoms with Crippen LogP contribution in [0.1, 0.15) is 35.4 Å². The van der Waals surface area contributed by atoms with Crippen LogP contribution in [0.4, 0.5) is 5.69 Å². The van der Waals surface area contributed by atoms with Crippen molar-refractivity contribution in [2.75, 3.05) is 4.90 Å². The third-order valence-electron chi connectivity index (χ3n) is 8.30. The Morgan fingerprint density at radius 1 is 1.03 bits per heavy atom. The van der Waals surface area contributed by atoms with E-state index in [1.165, 1.54) is 11.0 Å². The Labute approximate surface area is 228 Å². The summed E-state index contributed by atoms with van der Waals surface area (Å²) in [6.45, 7) is 5.53. The summed E-state index contributed by atoms with van der Waals surface area (Å²) in [6, 6.07) is 12.4. The number of rotatable bonds is 3. The smallest absolute Gasteiger partial charge is 0.238 e. The molecule has 2 amide bonds. The Hall–Kier alpha value is -3.84. The van der Waals surface area contributed by atoms with Gasteiger partial charge in [-0.15, -0.1) is 0 Å². The molecule has 1 aliphatic heterocycles. The highest BCUT2D eigenvalue weighted by molar-refractivity contribution is 9.12. The molecule has 0 radical (unpaired) electrons. The fourth-order valence-corrected chi connectivity index (χ4v) is 6.94. The van der Waals surface area contributed by atoms with E-state index in [1.807, 2.05) is 6.08 Å². The number of aromatic hydroxyl groups is 1. The van der Waals surface area contributed by atoms with E-state index in [0.717, 1.165) is 11.1 Å².